The van der Waals surface area contributed by atoms with Gasteiger partial charge in [-0.1, -0.05) is 12.1 Å². The number of hydrogen-bond donors (Lipinski definition) is 0. The van der Waals surface area contributed by atoms with Gasteiger partial charge in [0.05, 0.1) is 19.3 Å². The number of para-hydroxylation sites is 1. The predicted molar refractivity (Wildman–Crippen MR) is 93.6 cm³/mol. The minimum absolute atomic E-state index is 0.0463. The number of nitrogens with zero attached hydrogens (tertiary/aromatic N) is 3. The first-order chi connectivity index (χ1) is 12.2. The van der Waals surface area contributed by atoms with Gasteiger partial charge in [0, 0.05) is 30.7 Å². The minimum atomic E-state index is -0.0770. The zero-order valence-electron chi connectivity index (χ0n) is 14.4. The lowest BCUT2D eigenvalue weighted by Crippen LogP contribution is -2.38. The van der Waals surface area contributed by atoms with E-state index in [1.54, 1.807) is 17.9 Å². The van der Waals surface area contributed by atoms with Crippen LogP contribution in [-0.4, -0.2) is 34.2 Å². The summed E-state index contributed by atoms with van der Waals surface area (Å²) in [5.41, 5.74) is 1.69. The first-order valence-electron chi connectivity index (χ1n) is 8.53. The summed E-state index contributed by atoms with van der Waals surface area (Å²) in [4.78, 5) is 15.0. The topological polar surface area (TPSA) is 60.5 Å². The van der Waals surface area contributed by atoms with E-state index < -0.39 is 0 Å². The van der Waals surface area contributed by atoms with Crippen LogP contribution in [0.3, 0.4) is 0 Å². The Bertz CT molecular complexity index is 912. The molecule has 0 saturated carbocycles. The molecule has 2 aromatic heterocycles. The first-order valence-corrected chi connectivity index (χ1v) is 8.53. The number of aryl methyl sites for hydroxylation is 1. The van der Waals surface area contributed by atoms with Crippen molar-refractivity contribution in [2.45, 2.75) is 25.3 Å². The summed E-state index contributed by atoms with van der Waals surface area (Å²) in [7, 11) is 3.49. The number of furan rings is 1. The molecule has 1 amide bonds. The van der Waals surface area contributed by atoms with Crippen LogP contribution in [0, 0.1) is 0 Å². The number of carbonyl (C=O) groups excluding carboxylic acids is 1. The Morgan fingerprint density at radius 2 is 2.24 bits per heavy atom. The molecule has 1 saturated heterocycles. The summed E-state index contributed by atoms with van der Waals surface area (Å²) in [6.07, 6.45) is 6.89. The highest BCUT2D eigenvalue weighted by Crippen LogP contribution is 2.34. The second kappa shape index (κ2) is 6.27. The van der Waals surface area contributed by atoms with E-state index in [-0.39, 0.29) is 11.9 Å². The monoisotopic (exact) mass is 339 g/mol. The summed E-state index contributed by atoms with van der Waals surface area (Å²) >= 11 is 0. The van der Waals surface area contributed by atoms with Gasteiger partial charge in [-0.05, 0) is 31.4 Å². The highest BCUT2D eigenvalue weighted by Gasteiger charge is 2.31. The molecule has 0 bridgehead atoms. The van der Waals surface area contributed by atoms with Crippen molar-refractivity contribution in [3.63, 3.8) is 0 Å². The van der Waals surface area contributed by atoms with Gasteiger partial charge in [0.25, 0.3) is 5.91 Å². The van der Waals surface area contributed by atoms with Crippen LogP contribution in [-0.2, 0) is 7.05 Å². The van der Waals surface area contributed by atoms with Crippen molar-refractivity contribution < 1.29 is 13.9 Å². The SMILES string of the molecule is COc1cccc2cc(C(=O)N3CCCC[C@@H]3c3cnn(C)c3)oc12. The van der Waals surface area contributed by atoms with Gasteiger partial charge in [0.2, 0.25) is 0 Å². The molecule has 1 aliphatic rings. The third kappa shape index (κ3) is 2.77. The molecule has 1 fully saturated rings. The van der Waals surface area contributed by atoms with Crippen molar-refractivity contribution in [3.05, 3.63) is 48.0 Å². The van der Waals surface area contributed by atoms with Crippen LogP contribution in [0.1, 0.15) is 41.4 Å². The summed E-state index contributed by atoms with van der Waals surface area (Å²) in [5.74, 6) is 0.918. The number of aromatic nitrogens is 2. The number of methoxy groups -OCH3 is 1. The predicted octanol–water partition coefficient (Wildman–Crippen LogP) is 3.54. The fraction of sp³-hybridized carbons (Fsp3) is 0.368. The Hall–Kier alpha value is -2.76. The molecule has 0 aliphatic carbocycles. The van der Waals surface area contributed by atoms with Crippen molar-refractivity contribution in [2.75, 3.05) is 13.7 Å². The molecule has 3 heterocycles. The number of fused-ring (bicyclic) bond motifs is 1. The largest absolute Gasteiger partial charge is 0.493 e. The second-order valence-corrected chi connectivity index (χ2v) is 6.45. The lowest BCUT2D eigenvalue weighted by molar-refractivity contribution is 0.0581. The summed E-state index contributed by atoms with van der Waals surface area (Å²) in [6, 6.07) is 7.50. The fourth-order valence-electron chi connectivity index (χ4n) is 3.58. The van der Waals surface area contributed by atoms with Crippen molar-refractivity contribution in [2.24, 2.45) is 7.05 Å². The third-order valence-electron chi connectivity index (χ3n) is 4.81. The number of hydrogen-bond acceptors (Lipinski definition) is 4. The summed E-state index contributed by atoms with van der Waals surface area (Å²) < 4.78 is 13.0. The molecule has 0 radical (unpaired) electrons. The highest BCUT2D eigenvalue weighted by molar-refractivity contribution is 5.97. The van der Waals surface area contributed by atoms with Gasteiger partial charge in [0.1, 0.15) is 0 Å². The van der Waals surface area contributed by atoms with Gasteiger partial charge >= 0.3 is 0 Å². The van der Waals surface area contributed by atoms with E-state index in [0.717, 1.165) is 36.8 Å². The van der Waals surface area contributed by atoms with Crippen LogP contribution >= 0.6 is 0 Å². The smallest absolute Gasteiger partial charge is 0.290 e. The summed E-state index contributed by atoms with van der Waals surface area (Å²) in [6.45, 7) is 0.729. The Balaban J connectivity index is 1.68. The maximum Gasteiger partial charge on any atom is 0.290 e. The molecule has 1 aromatic carbocycles. The normalized spacial score (nSPS) is 17.8. The van der Waals surface area contributed by atoms with Gasteiger partial charge in [-0.15, -0.1) is 0 Å². The van der Waals surface area contributed by atoms with E-state index in [4.69, 9.17) is 9.15 Å². The maximum absolute atomic E-state index is 13.1. The molecule has 0 spiro atoms. The molecular formula is C19H21N3O3. The number of likely N-dealkylation sites (tertiary alicyclic amines) is 1. The fourth-order valence-corrected chi connectivity index (χ4v) is 3.58. The van der Waals surface area contributed by atoms with E-state index in [1.807, 2.05) is 42.5 Å². The van der Waals surface area contributed by atoms with Gasteiger partial charge in [0.15, 0.2) is 17.1 Å². The highest BCUT2D eigenvalue weighted by atomic mass is 16.5. The van der Waals surface area contributed by atoms with E-state index >= 15 is 0 Å². The van der Waals surface area contributed by atoms with Crippen LogP contribution in [0.5, 0.6) is 5.75 Å². The van der Waals surface area contributed by atoms with Gasteiger partial charge in [-0.3, -0.25) is 9.48 Å². The third-order valence-corrected chi connectivity index (χ3v) is 4.81. The van der Waals surface area contributed by atoms with Crippen LogP contribution in [0.2, 0.25) is 0 Å². The summed E-state index contributed by atoms with van der Waals surface area (Å²) in [5, 5.41) is 5.13. The Labute approximate surface area is 146 Å². The van der Waals surface area contributed by atoms with Crippen LogP contribution in [0.4, 0.5) is 0 Å². The quantitative estimate of drug-likeness (QED) is 0.732. The van der Waals surface area contributed by atoms with E-state index in [2.05, 4.69) is 5.10 Å². The molecule has 0 unspecified atom stereocenters. The van der Waals surface area contributed by atoms with Crippen molar-refractivity contribution in [1.82, 2.24) is 14.7 Å². The van der Waals surface area contributed by atoms with E-state index in [9.17, 15) is 4.79 Å². The molecule has 3 aromatic rings. The maximum atomic E-state index is 13.1. The van der Waals surface area contributed by atoms with E-state index in [0.29, 0.717) is 17.1 Å². The second-order valence-electron chi connectivity index (χ2n) is 6.45. The number of carbonyl (C=O) groups is 1. The Morgan fingerprint density at radius 1 is 1.36 bits per heavy atom. The number of benzene rings is 1. The molecule has 130 valence electrons. The van der Waals surface area contributed by atoms with Crippen molar-refractivity contribution >= 4 is 16.9 Å². The molecule has 1 aliphatic heterocycles. The zero-order chi connectivity index (χ0) is 17.4. The lowest BCUT2D eigenvalue weighted by atomic mass is 9.97. The van der Waals surface area contributed by atoms with Gasteiger partial charge < -0.3 is 14.1 Å². The molecule has 6 nitrogen and oxygen atoms in total. The molecular weight excluding hydrogens is 318 g/mol. The molecule has 6 heteroatoms. The zero-order valence-corrected chi connectivity index (χ0v) is 14.4. The average Bonchev–Trinajstić information content (AvgIpc) is 3.27. The van der Waals surface area contributed by atoms with Crippen LogP contribution in [0.15, 0.2) is 41.1 Å². The molecule has 25 heavy (non-hydrogen) atoms. The van der Waals surface area contributed by atoms with Crippen molar-refractivity contribution in [3.8, 4) is 5.75 Å². The Kier molecular flexibility index (Phi) is 3.95. The number of ether oxygens (including phenoxy) is 1. The molecule has 0 N–H and O–H groups in total. The molecule has 1 atom stereocenters. The number of amides is 1. The van der Waals surface area contributed by atoms with Gasteiger partial charge in [-0.2, -0.15) is 5.10 Å². The van der Waals surface area contributed by atoms with Crippen LogP contribution < -0.4 is 4.74 Å². The number of rotatable bonds is 3. The van der Waals surface area contributed by atoms with Crippen LogP contribution in [0.25, 0.3) is 11.0 Å². The minimum Gasteiger partial charge on any atom is -0.493 e. The first kappa shape index (κ1) is 15.7. The lowest BCUT2D eigenvalue weighted by Gasteiger charge is -2.34. The van der Waals surface area contributed by atoms with Crippen molar-refractivity contribution in [1.29, 1.82) is 0 Å². The number of piperidine rings is 1. The molecule has 4 rings (SSSR count). The Morgan fingerprint density at radius 3 is 3.00 bits per heavy atom. The van der Waals surface area contributed by atoms with Gasteiger partial charge in [-0.25, -0.2) is 0 Å². The standard InChI is InChI=1S/C19H21N3O3/c1-21-12-14(11-20-21)15-7-3-4-9-22(15)19(23)17-10-13-6-5-8-16(24-2)18(13)25-17/h5-6,8,10-12,15H,3-4,7,9H2,1-2H3/t15-/m1/s1. The average molecular weight is 339 g/mol. The van der Waals surface area contributed by atoms with E-state index in [1.165, 1.54) is 0 Å².